The normalized spacial score (nSPS) is 13.2. The van der Waals surface area contributed by atoms with Crippen LogP contribution >= 0.6 is 23.2 Å². The van der Waals surface area contributed by atoms with Gasteiger partial charge in [-0.3, -0.25) is 19.5 Å². The van der Waals surface area contributed by atoms with Crippen molar-refractivity contribution in [3.63, 3.8) is 0 Å². The number of aromatic nitrogens is 2. The maximum atomic E-state index is 13.0. The van der Waals surface area contributed by atoms with Gasteiger partial charge in [0.15, 0.2) is 0 Å². The van der Waals surface area contributed by atoms with Gasteiger partial charge in [-0.2, -0.15) is 5.10 Å². The summed E-state index contributed by atoms with van der Waals surface area (Å²) >= 11 is 12.7. The summed E-state index contributed by atoms with van der Waals surface area (Å²) in [4.78, 5) is 37.7. The quantitative estimate of drug-likeness (QED) is 0.569. The number of hydrogen-bond acceptors (Lipinski definition) is 4. The highest BCUT2D eigenvalue weighted by atomic mass is 35.5. The number of fused-ring (bicyclic) bond motifs is 2. The Kier molecular flexibility index (Phi) is 5.36. The second kappa shape index (κ2) is 7.97. The number of benzene rings is 2. The summed E-state index contributed by atoms with van der Waals surface area (Å²) in [6.45, 7) is 0.182. The van der Waals surface area contributed by atoms with Crippen molar-refractivity contribution in [1.82, 2.24) is 20.4 Å². The molecule has 4 rings (SSSR count). The van der Waals surface area contributed by atoms with Crippen LogP contribution in [0.4, 0.5) is 0 Å². The lowest BCUT2D eigenvalue weighted by Gasteiger charge is -2.30. The van der Waals surface area contributed by atoms with E-state index in [0.717, 1.165) is 22.0 Å². The van der Waals surface area contributed by atoms with Crippen LogP contribution in [0.3, 0.4) is 0 Å². The van der Waals surface area contributed by atoms with Crippen molar-refractivity contribution in [1.29, 1.82) is 0 Å². The summed E-state index contributed by atoms with van der Waals surface area (Å²) in [5, 5.41) is 19.0. The maximum absolute atomic E-state index is 13.0. The second-order valence-corrected chi connectivity index (χ2v) is 7.70. The molecule has 1 aliphatic heterocycles. The summed E-state index contributed by atoms with van der Waals surface area (Å²) in [6, 6.07) is 6.96. The summed E-state index contributed by atoms with van der Waals surface area (Å²) in [5.74, 6) is -1.95. The molecule has 1 aromatic heterocycles. The van der Waals surface area contributed by atoms with Crippen molar-refractivity contribution >= 4 is 51.9 Å². The molecule has 0 saturated carbocycles. The van der Waals surface area contributed by atoms with E-state index in [9.17, 15) is 14.4 Å². The Labute approximate surface area is 180 Å². The molecule has 154 valence electrons. The Balaban J connectivity index is 1.58. The third kappa shape index (κ3) is 3.71. The van der Waals surface area contributed by atoms with Crippen LogP contribution in [0.1, 0.15) is 31.8 Å². The molecular formula is C20H16Cl2N4O4. The van der Waals surface area contributed by atoms with Crippen LogP contribution in [-0.2, 0) is 17.8 Å². The summed E-state index contributed by atoms with van der Waals surface area (Å²) in [7, 11) is 0. The van der Waals surface area contributed by atoms with E-state index in [2.05, 4.69) is 15.5 Å². The number of carboxylic acid groups (broad SMARTS) is 1. The number of nitrogens with one attached hydrogen (secondary N) is 2. The van der Waals surface area contributed by atoms with Crippen molar-refractivity contribution in [2.45, 2.75) is 13.0 Å². The van der Waals surface area contributed by atoms with Gasteiger partial charge in [-0.15, -0.1) is 0 Å². The van der Waals surface area contributed by atoms with E-state index in [0.29, 0.717) is 25.1 Å². The topological polar surface area (TPSA) is 115 Å². The predicted molar refractivity (Wildman–Crippen MR) is 111 cm³/mol. The first-order chi connectivity index (χ1) is 14.3. The SMILES string of the molecule is O=C(O)CNC(=O)c1c(Cl)cc2c(c1Cl)CCN(C(=O)c1ccc3cn[nH]c3c1)C2. The average Bonchev–Trinajstić information content (AvgIpc) is 3.19. The van der Waals surface area contributed by atoms with Gasteiger partial charge in [0.1, 0.15) is 6.54 Å². The van der Waals surface area contributed by atoms with E-state index in [-0.39, 0.29) is 21.5 Å². The summed E-state index contributed by atoms with van der Waals surface area (Å²) < 4.78 is 0. The third-order valence-corrected chi connectivity index (χ3v) is 5.72. The number of aromatic amines is 1. The fraction of sp³-hybridized carbons (Fsp3) is 0.200. The number of rotatable bonds is 4. The molecule has 0 atom stereocenters. The van der Waals surface area contributed by atoms with Crippen molar-refractivity contribution in [2.24, 2.45) is 0 Å². The number of carbonyl (C=O) groups is 3. The molecule has 0 radical (unpaired) electrons. The van der Waals surface area contributed by atoms with Gasteiger partial charge in [0.2, 0.25) is 0 Å². The highest BCUT2D eigenvalue weighted by Crippen LogP contribution is 2.35. The number of halogens is 2. The number of hydrogen-bond donors (Lipinski definition) is 3. The molecule has 0 spiro atoms. The van der Waals surface area contributed by atoms with Crippen LogP contribution in [0.2, 0.25) is 10.0 Å². The molecule has 30 heavy (non-hydrogen) atoms. The monoisotopic (exact) mass is 446 g/mol. The Morgan fingerprint density at radius 2 is 2.03 bits per heavy atom. The highest BCUT2D eigenvalue weighted by molar-refractivity contribution is 6.40. The molecule has 3 N–H and O–H groups in total. The van der Waals surface area contributed by atoms with Gasteiger partial charge in [-0.25, -0.2) is 0 Å². The number of carboxylic acids is 1. The molecule has 8 nitrogen and oxygen atoms in total. The smallest absolute Gasteiger partial charge is 0.322 e. The molecule has 1 aliphatic rings. The Bertz CT molecular complexity index is 1190. The number of carbonyl (C=O) groups excluding carboxylic acids is 2. The number of H-pyrrole nitrogens is 1. The van der Waals surface area contributed by atoms with E-state index in [4.69, 9.17) is 28.3 Å². The van der Waals surface area contributed by atoms with Crippen LogP contribution in [0, 0.1) is 0 Å². The molecule has 0 saturated heterocycles. The first-order valence-corrected chi connectivity index (χ1v) is 9.83. The largest absolute Gasteiger partial charge is 0.480 e. The zero-order valence-corrected chi connectivity index (χ0v) is 17.0. The van der Waals surface area contributed by atoms with Gasteiger partial charge in [0.25, 0.3) is 11.8 Å². The minimum atomic E-state index is -1.17. The fourth-order valence-electron chi connectivity index (χ4n) is 3.53. The zero-order valence-electron chi connectivity index (χ0n) is 15.5. The Hall–Kier alpha value is -3.10. The number of amides is 2. The van der Waals surface area contributed by atoms with Crippen LogP contribution < -0.4 is 5.32 Å². The molecule has 2 aromatic carbocycles. The predicted octanol–water partition coefficient (Wildman–Crippen LogP) is 2.88. The van der Waals surface area contributed by atoms with Crippen LogP contribution in [0.15, 0.2) is 30.5 Å². The standard InChI is InChI=1S/C20H16Cl2N4O4/c21-14-5-12-9-26(20(30)10-1-2-11-7-24-25-15(11)6-10)4-3-13(12)18(22)17(14)19(29)23-8-16(27)28/h1-2,5-7H,3-4,8-9H2,(H,23,29)(H,24,25)(H,27,28). The first kappa shape index (κ1) is 20.2. The van der Waals surface area contributed by atoms with Crippen molar-refractivity contribution in [3.8, 4) is 0 Å². The summed E-state index contributed by atoms with van der Waals surface area (Å²) in [5.41, 5.74) is 2.85. The van der Waals surface area contributed by atoms with Gasteiger partial charge in [-0.05, 0) is 35.7 Å². The van der Waals surface area contributed by atoms with Gasteiger partial charge in [0, 0.05) is 24.0 Å². The fourth-order valence-corrected chi connectivity index (χ4v) is 4.29. The summed E-state index contributed by atoms with van der Waals surface area (Å²) in [6.07, 6.45) is 2.14. The lowest BCUT2D eigenvalue weighted by atomic mass is 9.96. The maximum Gasteiger partial charge on any atom is 0.322 e. The second-order valence-electron chi connectivity index (χ2n) is 6.91. The van der Waals surface area contributed by atoms with Crippen LogP contribution in [0.25, 0.3) is 10.9 Å². The lowest BCUT2D eigenvalue weighted by Crippen LogP contribution is -2.36. The minimum absolute atomic E-state index is 0.0443. The molecule has 0 bridgehead atoms. The Morgan fingerprint density at radius 3 is 2.80 bits per heavy atom. The molecule has 2 heterocycles. The van der Waals surface area contributed by atoms with E-state index in [1.54, 1.807) is 29.3 Å². The van der Waals surface area contributed by atoms with Crippen molar-refractivity contribution in [2.75, 3.05) is 13.1 Å². The van der Waals surface area contributed by atoms with Crippen LogP contribution in [0.5, 0.6) is 0 Å². The highest BCUT2D eigenvalue weighted by Gasteiger charge is 2.28. The molecule has 3 aromatic rings. The number of aliphatic carboxylic acids is 1. The molecule has 0 fully saturated rings. The van der Waals surface area contributed by atoms with Gasteiger partial charge in [-0.1, -0.05) is 29.3 Å². The van der Waals surface area contributed by atoms with Gasteiger partial charge < -0.3 is 15.3 Å². The van der Waals surface area contributed by atoms with Gasteiger partial charge >= 0.3 is 5.97 Å². The van der Waals surface area contributed by atoms with Crippen molar-refractivity contribution in [3.05, 3.63) is 62.8 Å². The minimum Gasteiger partial charge on any atom is -0.480 e. The molecule has 0 aliphatic carbocycles. The molecule has 10 heteroatoms. The molecular weight excluding hydrogens is 431 g/mol. The van der Waals surface area contributed by atoms with Gasteiger partial charge in [0.05, 0.1) is 27.3 Å². The van der Waals surface area contributed by atoms with Crippen LogP contribution in [-0.4, -0.2) is 51.1 Å². The van der Waals surface area contributed by atoms with E-state index < -0.39 is 18.4 Å². The van der Waals surface area contributed by atoms with Crippen molar-refractivity contribution < 1.29 is 19.5 Å². The Morgan fingerprint density at radius 1 is 1.23 bits per heavy atom. The number of nitrogens with zero attached hydrogens (tertiary/aromatic N) is 2. The molecule has 2 amide bonds. The lowest BCUT2D eigenvalue weighted by molar-refractivity contribution is -0.135. The third-order valence-electron chi connectivity index (χ3n) is 5.01. The first-order valence-electron chi connectivity index (χ1n) is 9.07. The van der Waals surface area contributed by atoms with E-state index in [1.165, 1.54) is 0 Å². The van der Waals surface area contributed by atoms with E-state index >= 15 is 0 Å². The zero-order chi connectivity index (χ0) is 21.4. The average molecular weight is 447 g/mol. The van der Waals surface area contributed by atoms with E-state index in [1.807, 2.05) is 6.07 Å². The molecule has 0 unspecified atom stereocenters.